The van der Waals surface area contributed by atoms with E-state index in [-0.39, 0.29) is 5.78 Å². The summed E-state index contributed by atoms with van der Waals surface area (Å²) in [5.41, 5.74) is 5.70. The lowest BCUT2D eigenvalue weighted by Gasteiger charge is -2.09. The second-order valence-corrected chi connectivity index (χ2v) is 7.49. The number of nitriles is 1. The Labute approximate surface area is 161 Å². The Balaban J connectivity index is 1.76. The van der Waals surface area contributed by atoms with Gasteiger partial charge < -0.3 is 0 Å². The standard InChI is InChI=1S/C22H17N3OS/c1-14-7-9-16(10-8-14)20(26)13-27-21-11-15(2)17(12-23)22-24-18-5-3-4-6-19(18)25(21)22/h3-11H,13H2,1-2H3. The van der Waals surface area contributed by atoms with Crippen LogP contribution in [0.3, 0.4) is 0 Å². The Kier molecular flexibility index (Phi) is 4.43. The Hall–Kier alpha value is -3.10. The number of hydrogen-bond donors (Lipinski definition) is 0. The fourth-order valence-electron chi connectivity index (χ4n) is 3.12. The predicted octanol–water partition coefficient (Wildman–Crippen LogP) is 4.95. The van der Waals surface area contributed by atoms with Gasteiger partial charge in [-0.3, -0.25) is 9.20 Å². The fraction of sp³-hybridized carbons (Fsp3) is 0.136. The van der Waals surface area contributed by atoms with Gasteiger partial charge in [0, 0.05) is 5.56 Å². The van der Waals surface area contributed by atoms with Gasteiger partial charge in [0.25, 0.3) is 0 Å². The molecule has 4 rings (SSSR count). The number of aryl methyl sites for hydroxylation is 2. The topological polar surface area (TPSA) is 58.2 Å². The number of rotatable bonds is 4. The molecule has 0 amide bonds. The lowest BCUT2D eigenvalue weighted by atomic mass is 10.1. The molecule has 0 unspecified atom stereocenters. The Morgan fingerprint density at radius 1 is 1.15 bits per heavy atom. The number of thioether (sulfide) groups is 1. The van der Waals surface area contributed by atoms with Crippen LogP contribution in [0, 0.1) is 25.2 Å². The number of carbonyl (C=O) groups is 1. The quantitative estimate of drug-likeness (QED) is 0.376. The van der Waals surface area contributed by atoms with Gasteiger partial charge in [0.15, 0.2) is 11.4 Å². The third kappa shape index (κ3) is 3.09. The molecule has 2 aromatic heterocycles. The van der Waals surface area contributed by atoms with E-state index in [2.05, 4.69) is 11.1 Å². The monoisotopic (exact) mass is 371 g/mol. The number of pyridine rings is 1. The maximum atomic E-state index is 12.6. The molecule has 2 aromatic carbocycles. The van der Waals surface area contributed by atoms with Crippen LogP contribution in [0.25, 0.3) is 16.7 Å². The second-order valence-electron chi connectivity index (χ2n) is 6.49. The van der Waals surface area contributed by atoms with Gasteiger partial charge in [-0.2, -0.15) is 5.26 Å². The molecule has 2 heterocycles. The fourth-order valence-corrected chi connectivity index (χ4v) is 4.14. The third-order valence-electron chi connectivity index (χ3n) is 4.58. The predicted molar refractivity (Wildman–Crippen MR) is 108 cm³/mol. The maximum absolute atomic E-state index is 12.6. The van der Waals surface area contributed by atoms with Gasteiger partial charge in [-0.05, 0) is 37.6 Å². The molecule has 0 fully saturated rings. The number of imidazole rings is 1. The lowest BCUT2D eigenvalue weighted by Crippen LogP contribution is -2.04. The van der Waals surface area contributed by atoms with Gasteiger partial charge in [0.2, 0.25) is 0 Å². The summed E-state index contributed by atoms with van der Waals surface area (Å²) in [5, 5.41) is 10.5. The number of aromatic nitrogens is 2. The van der Waals surface area contributed by atoms with Crippen molar-refractivity contribution < 1.29 is 4.79 Å². The molecule has 0 bridgehead atoms. The molecule has 5 heteroatoms. The molecule has 0 aliphatic heterocycles. The molecular formula is C22H17N3OS. The van der Waals surface area contributed by atoms with E-state index in [1.165, 1.54) is 11.8 Å². The number of benzene rings is 2. The summed E-state index contributed by atoms with van der Waals surface area (Å²) in [4.78, 5) is 17.2. The summed E-state index contributed by atoms with van der Waals surface area (Å²) in [5.74, 6) is 0.412. The van der Waals surface area contributed by atoms with Crippen LogP contribution < -0.4 is 0 Å². The van der Waals surface area contributed by atoms with E-state index in [9.17, 15) is 10.1 Å². The van der Waals surface area contributed by atoms with Gasteiger partial charge in [-0.1, -0.05) is 53.7 Å². The average Bonchev–Trinajstić information content (AvgIpc) is 3.06. The number of carbonyl (C=O) groups excluding carboxylic acids is 1. The number of Topliss-reactive ketones (excluding diaryl/α,β-unsaturated/α-hetero) is 1. The summed E-state index contributed by atoms with van der Waals surface area (Å²) < 4.78 is 1.98. The average molecular weight is 371 g/mol. The zero-order valence-electron chi connectivity index (χ0n) is 15.1. The van der Waals surface area contributed by atoms with Crippen LogP contribution in [0.1, 0.15) is 27.0 Å². The first-order chi connectivity index (χ1) is 13.1. The molecule has 0 N–H and O–H groups in total. The Bertz CT molecular complexity index is 1220. The first-order valence-corrected chi connectivity index (χ1v) is 9.60. The summed E-state index contributed by atoms with van der Waals surface area (Å²) in [6, 6.07) is 19.7. The van der Waals surface area contributed by atoms with E-state index in [0.29, 0.717) is 22.5 Å². The Morgan fingerprint density at radius 3 is 2.63 bits per heavy atom. The van der Waals surface area contributed by atoms with Crippen molar-refractivity contribution in [1.29, 1.82) is 5.26 Å². The molecule has 0 aliphatic rings. The zero-order valence-corrected chi connectivity index (χ0v) is 15.9. The number of nitrogens with zero attached hydrogens (tertiary/aromatic N) is 3. The highest BCUT2D eigenvalue weighted by atomic mass is 32.2. The van der Waals surface area contributed by atoms with E-state index in [0.717, 1.165) is 27.2 Å². The van der Waals surface area contributed by atoms with Gasteiger partial charge in [-0.25, -0.2) is 4.98 Å². The van der Waals surface area contributed by atoms with Crippen molar-refractivity contribution in [3.8, 4) is 6.07 Å². The molecule has 4 aromatic rings. The van der Waals surface area contributed by atoms with E-state index in [1.54, 1.807) is 0 Å². The summed E-state index contributed by atoms with van der Waals surface area (Å²) in [6.07, 6.45) is 0. The third-order valence-corrected chi connectivity index (χ3v) is 5.58. The molecule has 0 saturated heterocycles. The van der Waals surface area contributed by atoms with Crippen molar-refractivity contribution in [2.45, 2.75) is 18.9 Å². The largest absolute Gasteiger partial charge is 0.293 e. The highest BCUT2D eigenvalue weighted by Crippen LogP contribution is 2.29. The molecule has 0 spiro atoms. The normalized spacial score (nSPS) is 11.0. The van der Waals surface area contributed by atoms with E-state index in [4.69, 9.17) is 0 Å². The maximum Gasteiger partial charge on any atom is 0.173 e. The molecule has 0 aliphatic carbocycles. The lowest BCUT2D eigenvalue weighted by molar-refractivity contribution is 0.102. The molecule has 0 atom stereocenters. The van der Waals surface area contributed by atoms with Crippen molar-refractivity contribution in [1.82, 2.24) is 9.38 Å². The first kappa shape index (κ1) is 17.3. The van der Waals surface area contributed by atoms with Gasteiger partial charge in [0.05, 0.1) is 27.4 Å². The van der Waals surface area contributed by atoms with Crippen LogP contribution in [0.15, 0.2) is 59.6 Å². The van der Waals surface area contributed by atoms with Crippen LogP contribution >= 0.6 is 11.8 Å². The van der Waals surface area contributed by atoms with Crippen molar-refractivity contribution in [3.63, 3.8) is 0 Å². The zero-order chi connectivity index (χ0) is 19.0. The number of para-hydroxylation sites is 2. The second kappa shape index (κ2) is 6.90. The van der Waals surface area contributed by atoms with Crippen LogP contribution in [0.2, 0.25) is 0 Å². The highest BCUT2D eigenvalue weighted by molar-refractivity contribution is 8.00. The summed E-state index contributed by atoms with van der Waals surface area (Å²) in [6.45, 7) is 3.91. The minimum Gasteiger partial charge on any atom is -0.293 e. The van der Waals surface area contributed by atoms with E-state index < -0.39 is 0 Å². The molecule has 0 saturated carbocycles. The van der Waals surface area contributed by atoms with Gasteiger partial charge >= 0.3 is 0 Å². The molecular weight excluding hydrogens is 354 g/mol. The molecule has 4 nitrogen and oxygen atoms in total. The minimum absolute atomic E-state index is 0.0829. The van der Waals surface area contributed by atoms with Crippen molar-refractivity contribution in [3.05, 3.63) is 76.9 Å². The van der Waals surface area contributed by atoms with Crippen molar-refractivity contribution in [2.24, 2.45) is 0 Å². The number of fused-ring (bicyclic) bond motifs is 3. The molecule has 132 valence electrons. The molecule has 0 radical (unpaired) electrons. The Morgan fingerprint density at radius 2 is 1.89 bits per heavy atom. The smallest absolute Gasteiger partial charge is 0.173 e. The van der Waals surface area contributed by atoms with Crippen molar-refractivity contribution in [2.75, 3.05) is 5.75 Å². The highest BCUT2D eigenvalue weighted by Gasteiger charge is 2.16. The van der Waals surface area contributed by atoms with Crippen molar-refractivity contribution >= 4 is 34.2 Å². The summed E-state index contributed by atoms with van der Waals surface area (Å²) >= 11 is 1.47. The van der Waals surface area contributed by atoms with E-state index >= 15 is 0 Å². The van der Waals surface area contributed by atoms with Crippen LogP contribution in [-0.2, 0) is 0 Å². The molecule has 27 heavy (non-hydrogen) atoms. The number of ketones is 1. The van der Waals surface area contributed by atoms with Crippen LogP contribution in [0.5, 0.6) is 0 Å². The van der Waals surface area contributed by atoms with Gasteiger partial charge in [-0.15, -0.1) is 0 Å². The number of hydrogen-bond acceptors (Lipinski definition) is 4. The van der Waals surface area contributed by atoms with Crippen LogP contribution in [0.4, 0.5) is 0 Å². The summed E-state index contributed by atoms with van der Waals surface area (Å²) in [7, 11) is 0. The first-order valence-electron chi connectivity index (χ1n) is 8.62. The van der Waals surface area contributed by atoms with Gasteiger partial charge in [0.1, 0.15) is 6.07 Å². The van der Waals surface area contributed by atoms with E-state index in [1.807, 2.05) is 72.8 Å². The SMILES string of the molecule is Cc1ccc(C(=O)CSc2cc(C)c(C#N)c3nc4ccccc4n23)cc1. The van der Waals surface area contributed by atoms with Crippen LogP contribution in [-0.4, -0.2) is 20.9 Å². The minimum atomic E-state index is 0.0829.